The van der Waals surface area contributed by atoms with Crippen molar-refractivity contribution >= 4 is 34.3 Å². The summed E-state index contributed by atoms with van der Waals surface area (Å²) in [5.41, 5.74) is 7.38. The zero-order valence-electron chi connectivity index (χ0n) is 18.7. The molecule has 0 radical (unpaired) electrons. The van der Waals surface area contributed by atoms with Crippen molar-refractivity contribution in [3.05, 3.63) is 47.8 Å². The lowest BCUT2D eigenvalue weighted by molar-refractivity contribution is -0.146. The smallest absolute Gasteiger partial charge is 0.313 e. The van der Waals surface area contributed by atoms with Crippen molar-refractivity contribution < 1.29 is 19.1 Å². The summed E-state index contributed by atoms with van der Waals surface area (Å²) >= 11 is 0. The largest absolute Gasteiger partial charge is 0.480 e. The van der Waals surface area contributed by atoms with Crippen molar-refractivity contribution in [2.24, 2.45) is 18.7 Å². The van der Waals surface area contributed by atoms with E-state index in [0.717, 1.165) is 29.3 Å². The van der Waals surface area contributed by atoms with Gasteiger partial charge in [0.15, 0.2) is 0 Å². The minimum Gasteiger partial charge on any atom is -0.480 e. The van der Waals surface area contributed by atoms with Gasteiger partial charge in [0.1, 0.15) is 5.56 Å². The van der Waals surface area contributed by atoms with Gasteiger partial charge in [-0.15, -0.1) is 0 Å². The first-order chi connectivity index (χ1) is 15.8. The van der Waals surface area contributed by atoms with Crippen LogP contribution in [-0.2, 0) is 16.6 Å². The molecule has 10 nitrogen and oxygen atoms in total. The number of fused-ring (bicyclic) bond motifs is 1. The molecule has 1 fully saturated rings. The Bertz CT molecular complexity index is 1240. The molecule has 172 valence electrons. The van der Waals surface area contributed by atoms with Crippen LogP contribution in [0.25, 0.3) is 10.9 Å². The van der Waals surface area contributed by atoms with Gasteiger partial charge in [0.2, 0.25) is 5.88 Å². The first kappa shape index (κ1) is 22.3. The summed E-state index contributed by atoms with van der Waals surface area (Å²) in [5, 5.41) is 7.91. The van der Waals surface area contributed by atoms with Crippen molar-refractivity contribution in [3.63, 3.8) is 0 Å². The van der Waals surface area contributed by atoms with Gasteiger partial charge in [0, 0.05) is 25.2 Å². The number of nitrogens with one attached hydrogen (secondary N) is 1. The third kappa shape index (κ3) is 4.50. The molecule has 0 spiro atoms. The zero-order valence-corrected chi connectivity index (χ0v) is 18.7. The Morgan fingerprint density at radius 3 is 2.73 bits per heavy atom. The normalized spacial score (nSPS) is 18.2. The van der Waals surface area contributed by atoms with Gasteiger partial charge in [-0.05, 0) is 42.5 Å². The number of anilines is 1. The Kier molecular flexibility index (Phi) is 5.99. The molecule has 3 heterocycles. The molecule has 2 aromatic heterocycles. The van der Waals surface area contributed by atoms with Crippen molar-refractivity contribution in [2.75, 3.05) is 19.0 Å². The van der Waals surface area contributed by atoms with Crippen LogP contribution in [0.2, 0.25) is 0 Å². The van der Waals surface area contributed by atoms with E-state index >= 15 is 0 Å². The number of carbonyl (C=O) groups is 3. The standard InChI is InChI=1S/C23H26N6O4/c1-13-4-7-19(14-5-6-18-15(8-14)12-28(2)27-18)29(11-13)23(32)21(31)26-16-9-17(20(24)30)22(33-3)25-10-16/h5-6,8-10,12-13,19H,4,7,11H2,1-3H3,(H2,24,30)(H,26,31)/t13-,19?/m0/s1. The van der Waals surface area contributed by atoms with Crippen LogP contribution in [-0.4, -0.2) is 51.0 Å². The Hall–Kier alpha value is -3.95. The lowest BCUT2D eigenvalue weighted by Crippen LogP contribution is -2.46. The highest BCUT2D eigenvalue weighted by Gasteiger charge is 2.34. The molecule has 10 heteroatoms. The molecule has 0 saturated carbocycles. The number of hydrogen-bond donors (Lipinski definition) is 2. The van der Waals surface area contributed by atoms with E-state index in [4.69, 9.17) is 10.5 Å². The van der Waals surface area contributed by atoms with Gasteiger partial charge >= 0.3 is 11.8 Å². The summed E-state index contributed by atoms with van der Waals surface area (Å²) in [6.07, 6.45) is 4.94. The van der Waals surface area contributed by atoms with Crippen LogP contribution in [0.4, 0.5) is 5.69 Å². The number of nitrogens with zero attached hydrogens (tertiary/aromatic N) is 4. The van der Waals surface area contributed by atoms with Crippen molar-refractivity contribution in [1.82, 2.24) is 19.7 Å². The number of hydrogen-bond acceptors (Lipinski definition) is 6. The van der Waals surface area contributed by atoms with Gasteiger partial charge in [-0.3, -0.25) is 19.1 Å². The van der Waals surface area contributed by atoms with Crippen molar-refractivity contribution in [1.29, 1.82) is 0 Å². The van der Waals surface area contributed by atoms with E-state index in [-0.39, 0.29) is 29.1 Å². The monoisotopic (exact) mass is 450 g/mol. The van der Waals surface area contributed by atoms with Crippen LogP contribution in [0.1, 0.15) is 41.7 Å². The number of benzene rings is 1. The SMILES string of the molecule is COc1ncc(NC(=O)C(=O)N2C[C@@H](C)CCC2c2ccc3nn(C)cc3c2)cc1C(N)=O. The van der Waals surface area contributed by atoms with Gasteiger partial charge < -0.3 is 20.7 Å². The lowest BCUT2D eigenvalue weighted by Gasteiger charge is -2.38. The van der Waals surface area contributed by atoms with Crippen LogP contribution in [0.5, 0.6) is 5.88 Å². The minimum absolute atomic E-state index is 0.0111. The number of primary amides is 1. The van der Waals surface area contributed by atoms with Crippen LogP contribution in [0.3, 0.4) is 0 Å². The fourth-order valence-corrected chi connectivity index (χ4v) is 4.27. The van der Waals surface area contributed by atoms with Gasteiger partial charge in [-0.1, -0.05) is 13.0 Å². The molecule has 1 unspecified atom stereocenters. The Morgan fingerprint density at radius 1 is 1.21 bits per heavy atom. The number of carbonyl (C=O) groups excluding carboxylic acids is 3. The van der Waals surface area contributed by atoms with E-state index in [1.807, 2.05) is 31.4 Å². The summed E-state index contributed by atoms with van der Waals surface area (Å²) in [7, 11) is 3.22. The third-order valence-electron chi connectivity index (χ3n) is 5.87. The molecule has 3 aromatic rings. The first-order valence-electron chi connectivity index (χ1n) is 10.7. The predicted octanol–water partition coefficient (Wildman–Crippen LogP) is 2.01. The second-order valence-electron chi connectivity index (χ2n) is 8.38. The number of pyridine rings is 1. The number of amides is 3. The number of nitrogens with two attached hydrogens (primary N) is 1. The number of aromatic nitrogens is 3. The first-order valence-corrected chi connectivity index (χ1v) is 10.7. The third-order valence-corrected chi connectivity index (χ3v) is 5.87. The lowest BCUT2D eigenvalue weighted by atomic mass is 9.89. The topological polar surface area (TPSA) is 132 Å². The molecule has 2 atom stereocenters. The Labute approximate surface area is 190 Å². The number of aryl methyl sites for hydroxylation is 1. The van der Waals surface area contributed by atoms with E-state index in [1.54, 1.807) is 9.58 Å². The molecule has 1 aromatic carbocycles. The number of likely N-dealkylation sites (tertiary alicyclic amines) is 1. The average molecular weight is 450 g/mol. The maximum Gasteiger partial charge on any atom is 0.313 e. The molecule has 3 amide bonds. The molecule has 3 N–H and O–H groups in total. The molecule has 4 rings (SSSR count). The quantitative estimate of drug-likeness (QED) is 0.585. The highest BCUT2D eigenvalue weighted by molar-refractivity contribution is 6.39. The maximum atomic E-state index is 13.2. The predicted molar refractivity (Wildman–Crippen MR) is 122 cm³/mol. The van der Waals surface area contributed by atoms with Gasteiger partial charge in [-0.25, -0.2) is 4.98 Å². The van der Waals surface area contributed by atoms with Gasteiger partial charge in [-0.2, -0.15) is 5.10 Å². The summed E-state index contributed by atoms with van der Waals surface area (Å²) in [6.45, 7) is 2.53. The van der Waals surface area contributed by atoms with E-state index in [9.17, 15) is 14.4 Å². The molecule has 1 aliphatic heterocycles. The zero-order chi connectivity index (χ0) is 23.7. The number of ether oxygens (including phenoxy) is 1. The summed E-state index contributed by atoms with van der Waals surface area (Å²) in [5.74, 6) is -1.89. The Balaban J connectivity index is 1.58. The Morgan fingerprint density at radius 2 is 2.00 bits per heavy atom. The number of methoxy groups -OCH3 is 1. The average Bonchev–Trinajstić information content (AvgIpc) is 3.17. The van der Waals surface area contributed by atoms with Crippen molar-refractivity contribution in [2.45, 2.75) is 25.8 Å². The van der Waals surface area contributed by atoms with E-state index in [0.29, 0.717) is 6.54 Å². The maximum absolute atomic E-state index is 13.2. The van der Waals surface area contributed by atoms with Gasteiger partial charge in [0.25, 0.3) is 5.91 Å². The highest BCUT2D eigenvalue weighted by Crippen LogP contribution is 2.34. The van der Waals surface area contributed by atoms with E-state index in [1.165, 1.54) is 19.4 Å². The fraction of sp³-hybridized carbons (Fsp3) is 0.348. The van der Waals surface area contributed by atoms with Crippen molar-refractivity contribution in [3.8, 4) is 5.88 Å². The summed E-state index contributed by atoms with van der Waals surface area (Å²) < 4.78 is 6.76. The molecule has 0 bridgehead atoms. The molecule has 0 aliphatic carbocycles. The van der Waals surface area contributed by atoms with Crippen LogP contribution < -0.4 is 15.8 Å². The fourth-order valence-electron chi connectivity index (χ4n) is 4.27. The number of rotatable bonds is 4. The second kappa shape index (κ2) is 8.89. The van der Waals surface area contributed by atoms with E-state index < -0.39 is 17.7 Å². The van der Waals surface area contributed by atoms with Crippen LogP contribution in [0, 0.1) is 5.92 Å². The highest BCUT2D eigenvalue weighted by atomic mass is 16.5. The molecule has 1 saturated heterocycles. The molecular weight excluding hydrogens is 424 g/mol. The van der Waals surface area contributed by atoms with E-state index in [2.05, 4.69) is 22.3 Å². The van der Waals surface area contributed by atoms with Gasteiger partial charge in [0.05, 0.1) is 30.6 Å². The molecule has 1 aliphatic rings. The summed E-state index contributed by atoms with van der Waals surface area (Å²) in [4.78, 5) is 43.3. The van der Waals surface area contributed by atoms with Crippen LogP contribution in [0.15, 0.2) is 36.7 Å². The molecule has 33 heavy (non-hydrogen) atoms. The summed E-state index contributed by atoms with van der Waals surface area (Å²) in [6, 6.07) is 7.03. The molecular formula is C23H26N6O4. The number of piperidine rings is 1. The second-order valence-corrected chi connectivity index (χ2v) is 8.38. The minimum atomic E-state index is -0.807. The van der Waals surface area contributed by atoms with Crippen LogP contribution >= 0.6 is 0 Å².